The molecule has 0 aliphatic carbocycles. The Morgan fingerprint density at radius 2 is 1.92 bits per heavy atom. The number of halogens is 2. The third-order valence-electron chi connectivity index (χ3n) is 3.36. The predicted octanol–water partition coefficient (Wildman–Crippen LogP) is 3.85. The molecule has 2 rings (SSSR count). The molecule has 4 nitrogen and oxygen atoms in total. The Labute approximate surface area is 157 Å². The molecule has 0 aromatic heterocycles. The summed E-state index contributed by atoms with van der Waals surface area (Å²) in [5.74, 6) is 0.792. The zero-order chi connectivity index (χ0) is 16.5. The predicted molar refractivity (Wildman–Crippen MR) is 102 cm³/mol. The second kappa shape index (κ2) is 11.1. The molecule has 1 atom stereocenters. The van der Waals surface area contributed by atoms with Gasteiger partial charge in [-0.15, -0.1) is 12.4 Å². The molecular weight excluding hydrogens is 392 g/mol. The van der Waals surface area contributed by atoms with E-state index in [1.165, 1.54) is 0 Å². The maximum Gasteiger partial charge on any atom is 0.220 e. The molecule has 0 fully saturated rings. The van der Waals surface area contributed by atoms with E-state index in [4.69, 9.17) is 10.5 Å². The summed E-state index contributed by atoms with van der Waals surface area (Å²) in [5.41, 5.74) is 7.06. The summed E-state index contributed by atoms with van der Waals surface area (Å²) in [7, 11) is 0. The van der Waals surface area contributed by atoms with Gasteiger partial charge in [0.15, 0.2) is 0 Å². The van der Waals surface area contributed by atoms with Gasteiger partial charge in [-0.3, -0.25) is 4.79 Å². The molecule has 0 spiro atoms. The van der Waals surface area contributed by atoms with Crippen LogP contribution in [0.1, 0.15) is 24.4 Å². The number of amides is 1. The highest BCUT2D eigenvalue weighted by molar-refractivity contribution is 9.10. The van der Waals surface area contributed by atoms with Gasteiger partial charge in [0, 0.05) is 23.5 Å². The second-order valence-electron chi connectivity index (χ2n) is 5.23. The van der Waals surface area contributed by atoms with Gasteiger partial charge in [-0.1, -0.05) is 52.3 Å². The first-order valence-corrected chi connectivity index (χ1v) is 8.40. The molecule has 0 saturated carbocycles. The first-order chi connectivity index (χ1) is 11.1. The number of hydrogen-bond acceptors (Lipinski definition) is 3. The average Bonchev–Trinajstić information content (AvgIpc) is 2.57. The minimum absolute atomic E-state index is 0. The first-order valence-electron chi connectivity index (χ1n) is 7.61. The third-order valence-corrected chi connectivity index (χ3v) is 3.85. The molecule has 0 heterocycles. The number of hydrogen-bond donors (Lipinski definition) is 2. The second-order valence-corrected chi connectivity index (χ2v) is 6.15. The van der Waals surface area contributed by atoms with E-state index in [0.29, 0.717) is 26.0 Å². The van der Waals surface area contributed by atoms with E-state index < -0.39 is 0 Å². The largest absolute Gasteiger partial charge is 0.494 e. The standard InChI is InChI=1S/C18H21BrN2O2.ClH/c19-15-8-4-9-16(12-15)23-11-5-10-18(22)21-13-17(20)14-6-2-1-3-7-14;/h1-4,6-9,12,17H,5,10-11,13,20H2,(H,21,22);1H. The molecule has 2 aromatic carbocycles. The van der Waals surface area contributed by atoms with Crippen molar-refractivity contribution in [2.45, 2.75) is 18.9 Å². The molecule has 3 N–H and O–H groups in total. The van der Waals surface area contributed by atoms with Crippen LogP contribution in [-0.2, 0) is 4.79 Å². The molecule has 0 aliphatic heterocycles. The van der Waals surface area contributed by atoms with Crippen LogP contribution < -0.4 is 15.8 Å². The van der Waals surface area contributed by atoms with E-state index in [-0.39, 0.29) is 24.4 Å². The lowest BCUT2D eigenvalue weighted by Gasteiger charge is -2.13. The highest BCUT2D eigenvalue weighted by Gasteiger charge is 2.07. The van der Waals surface area contributed by atoms with Crippen molar-refractivity contribution in [3.8, 4) is 5.75 Å². The van der Waals surface area contributed by atoms with E-state index in [0.717, 1.165) is 15.8 Å². The van der Waals surface area contributed by atoms with Crippen LogP contribution in [0.2, 0.25) is 0 Å². The van der Waals surface area contributed by atoms with Crippen LogP contribution in [0.15, 0.2) is 59.1 Å². The van der Waals surface area contributed by atoms with Crippen molar-refractivity contribution >= 4 is 34.2 Å². The van der Waals surface area contributed by atoms with Gasteiger partial charge < -0.3 is 15.8 Å². The molecular formula is C18H22BrClN2O2. The van der Waals surface area contributed by atoms with E-state index >= 15 is 0 Å². The van der Waals surface area contributed by atoms with Crippen molar-refractivity contribution in [2.75, 3.05) is 13.2 Å². The molecule has 24 heavy (non-hydrogen) atoms. The Hall–Kier alpha value is -1.56. The van der Waals surface area contributed by atoms with Gasteiger partial charge in [0.05, 0.1) is 6.61 Å². The topological polar surface area (TPSA) is 64.3 Å². The number of ether oxygens (including phenoxy) is 1. The van der Waals surface area contributed by atoms with Gasteiger partial charge in [-0.2, -0.15) is 0 Å². The molecule has 1 amide bonds. The van der Waals surface area contributed by atoms with Crippen LogP contribution >= 0.6 is 28.3 Å². The monoisotopic (exact) mass is 412 g/mol. The summed E-state index contributed by atoms with van der Waals surface area (Å²) in [4.78, 5) is 11.8. The maximum absolute atomic E-state index is 11.8. The average molecular weight is 414 g/mol. The van der Waals surface area contributed by atoms with Gasteiger partial charge in [-0.25, -0.2) is 0 Å². The summed E-state index contributed by atoms with van der Waals surface area (Å²) in [5, 5.41) is 2.86. The summed E-state index contributed by atoms with van der Waals surface area (Å²) in [6.07, 6.45) is 1.09. The normalized spacial score (nSPS) is 11.2. The lowest BCUT2D eigenvalue weighted by Crippen LogP contribution is -2.31. The van der Waals surface area contributed by atoms with Gasteiger partial charge in [0.1, 0.15) is 5.75 Å². The Morgan fingerprint density at radius 1 is 1.17 bits per heavy atom. The molecule has 6 heteroatoms. The van der Waals surface area contributed by atoms with E-state index in [2.05, 4.69) is 21.2 Å². The summed E-state index contributed by atoms with van der Waals surface area (Å²) >= 11 is 3.39. The fraction of sp³-hybridized carbons (Fsp3) is 0.278. The van der Waals surface area contributed by atoms with Crippen molar-refractivity contribution in [3.63, 3.8) is 0 Å². The van der Waals surface area contributed by atoms with Crippen LogP contribution in [0, 0.1) is 0 Å². The third kappa shape index (κ3) is 7.34. The van der Waals surface area contributed by atoms with Crippen LogP contribution in [0.25, 0.3) is 0 Å². The smallest absolute Gasteiger partial charge is 0.220 e. The molecule has 130 valence electrons. The van der Waals surface area contributed by atoms with Crippen LogP contribution in [0.3, 0.4) is 0 Å². The first kappa shape index (κ1) is 20.5. The lowest BCUT2D eigenvalue weighted by atomic mass is 10.1. The van der Waals surface area contributed by atoms with E-state index in [1.807, 2.05) is 54.6 Å². The molecule has 2 aromatic rings. The summed E-state index contributed by atoms with van der Waals surface area (Å²) in [6.45, 7) is 0.948. The number of carbonyl (C=O) groups excluding carboxylic acids is 1. The Morgan fingerprint density at radius 3 is 2.62 bits per heavy atom. The van der Waals surface area contributed by atoms with Crippen LogP contribution in [-0.4, -0.2) is 19.1 Å². The van der Waals surface area contributed by atoms with Gasteiger partial charge in [-0.05, 0) is 30.2 Å². The Kier molecular flexibility index (Phi) is 9.45. The van der Waals surface area contributed by atoms with Crippen molar-refractivity contribution in [1.29, 1.82) is 0 Å². The minimum Gasteiger partial charge on any atom is -0.494 e. The number of carbonyl (C=O) groups is 1. The molecule has 0 aliphatic rings. The van der Waals surface area contributed by atoms with Crippen molar-refractivity contribution in [3.05, 3.63) is 64.6 Å². The van der Waals surface area contributed by atoms with E-state index in [9.17, 15) is 4.79 Å². The SMILES string of the molecule is Cl.NC(CNC(=O)CCCOc1cccc(Br)c1)c1ccccc1. The number of nitrogens with one attached hydrogen (secondary N) is 1. The van der Waals surface area contributed by atoms with Gasteiger partial charge in [0.25, 0.3) is 0 Å². The quantitative estimate of drug-likeness (QED) is 0.646. The maximum atomic E-state index is 11.8. The van der Waals surface area contributed by atoms with Crippen LogP contribution in [0.4, 0.5) is 0 Å². The van der Waals surface area contributed by atoms with Crippen LogP contribution in [0.5, 0.6) is 5.75 Å². The highest BCUT2D eigenvalue weighted by atomic mass is 79.9. The van der Waals surface area contributed by atoms with Crippen molar-refractivity contribution < 1.29 is 9.53 Å². The van der Waals surface area contributed by atoms with E-state index in [1.54, 1.807) is 0 Å². The van der Waals surface area contributed by atoms with Gasteiger partial charge >= 0.3 is 0 Å². The lowest BCUT2D eigenvalue weighted by molar-refractivity contribution is -0.121. The number of nitrogens with two attached hydrogens (primary N) is 1. The Balaban J connectivity index is 0.00000288. The zero-order valence-corrected chi connectivity index (χ0v) is 15.7. The molecule has 0 bridgehead atoms. The highest BCUT2D eigenvalue weighted by Crippen LogP contribution is 2.17. The summed E-state index contributed by atoms with van der Waals surface area (Å²) < 4.78 is 6.57. The fourth-order valence-electron chi connectivity index (χ4n) is 2.11. The van der Waals surface area contributed by atoms with Crippen molar-refractivity contribution in [2.24, 2.45) is 5.73 Å². The fourth-order valence-corrected chi connectivity index (χ4v) is 2.49. The molecule has 1 unspecified atom stereocenters. The number of benzene rings is 2. The van der Waals surface area contributed by atoms with Gasteiger partial charge in [0.2, 0.25) is 5.91 Å². The minimum atomic E-state index is -0.182. The zero-order valence-electron chi connectivity index (χ0n) is 13.3. The Bertz CT molecular complexity index is 625. The number of rotatable bonds is 8. The summed E-state index contributed by atoms with van der Waals surface area (Å²) in [6, 6.07) is 17.2. The molecule has 0 radical (unpaired) electrons. The molecule has 0 saturated heterocycles. The van der Waals surface area contributed by atoms with Crippen molar-refractivity contribution in [1.82, 2.24) is 5.32 Å².